The van der Waals surface area contributed by atoms with Gasteiger partial charge in [-0.1, -0.05) is 18.2 Å². The van der Waals surface area contributed by atoms with Crippen LogP contribution >= 0.6 is 0 Å². The van der Waals surface area contributed by atoms with Crippen LogP contribution in [-0.2, 0) is 0 Å². The van der Waals surface area contributed by atoms with E-state index in [1.54, 1.807) is 12.3 Å². The van der Waals surface area contributed by atoms with Crippen molar-refractivity contribution in [3.63, 3.8) is 0 Å². The molecule has 3 aromatic rings. The van der Waals surface area contributed by atoms with Gasteiger partial charge in [0.1, 0.15) is 11.6 Å². The Kier molecular flexibility index (Phi) is 5.23. The highest BCUT2D eigenvalue weighted by Gasteiger charge is 2.15. The fraction of sp³-hybridized carbons (Fsp3) is 0.250. The van der Waals surface area contributed by atoms with E-state index in [0.717, 1.165) is 22.2 Å². The minimum atomic E-state index is -0.250. The third kappa shape index (κ3) is 3.55. The summed E-state index contributed by atoms with van der Waals surface area (Å²) in [4.78, 5) is 11.2. The van der Waals surface area contributed by atoms with Gasteiger partial charge in [0.05, 0.1) is 23.3 Å². The monoisotopic (exact) mass is 351 g/mol. The number of benzene rings is 2. The first-order valence-electron chi connectivity index (χ1n) is 8.49. The van der Waals surface area contributed by atoms with Crippen LogP contribution in [0.1, 0.15) is 30.0 Å². The maximum atomic E-state index is 13.5. The normalized spacial score (nSPS) is 13.4. The number of nitrogens with zero attached hydrogens (tertiary/aromatic N) is 3. The number of hydrogen-bond acceptors (Lipinski definition) is 5. The SMILES string of the molecule is C[C@H](c1cccc(F)c1)N(C)c1cnc2cc(C(C=N)CN)ccc2n1. The molecule has 0 spiro atoms. The van der Waals surface area contributed by atoms with Crippen molar-refractivity contribution in [2.24, 2.45) is 5.73 Å². The summed E-state index contributed by atoms with van der Waals surface area (Å²) in [5, 5.41) is 7.47. The summed E-state index contributed by atoms with van der Waals surface area (Å²) in [7, 11) is 1.92. The van der Waals surface area contributed by atoms with Crippen LogP contribution in [0.3, 0.4) is 0 Å². The molecule has 0 bridgehead atoms. The number of aromatic nitrogens is 2. The molecule has 0 aliphatic heterocycles. The molecule has 2 atom stereocenters. The van der Waals surface area contributed by atoms with E-state index >= 15 is 0 Å². The average molecular weight is 351 g/mol. The lowest BCUT2D eigenvalue weighted by Gasteiger charge is -2.26. The maximum absolute atomic E-state index is 13.5. The quantitative estimate of drug-likeness (QED) is 0.664. The topological polar surface area (TPSA) is 78.9 Å². The van der Waals surface area contributed by atoms with Crippen LogP contribution in [0.25, 0.3) is 11.0 Å². The first kappa shape index (κ1) is 17.9. The second kappa shape index (κ2) is 7.58. The third-order valence-electron chi connectivity index (χ3n) is 4.71. The molecule has 0 amide bonds. The van der Waals surface area contributed by atoms with Crippen LogP contribution in [0.4, 0.5) is 10.2 Å². The molecular formula is C20H22FN5. The van der Waals surface area contributed by atoms with Gasteiger partial charge in [-0.3, -0.25) is 4.98 Å². The molecule has 3 rings (SSSR count). The second-order valence-corrected chi connectivity index (χ2v) is 6.33. The zero-order valence-corrected chi connectivity index (χ0v) is 14.9. The molecule has 0 saturated carbocycles. The van der Waals surface area contributed by atoms with Gasteiger partial charge in [0, 0.05) is 25.7 Å². The van der Waals surface area contributed by atoms with Gasteiger partial charge in [-0.15, -0.1) is 0 Å². The van der Waals surface area contributed by atoms with Crippen molar-refractivity contribution in [2.75, 3.05) is 18.5 Å². The minimum Gasteiger partial charge on any atom is -0.352 e. The van der Waals surface area contributed by atoms with Crippen LogP contribution in [0.15, 0.2) is 48.7 Å². The molecule has 0 fully saturated rings. The van der Waals surface area contributed by atoms with Crippen molar-refractivity contribution in [1.29, 1.82) is 5.41 Å². The van der Waals surface area contributed by atoms with E-state index in [1.807, 2.05) is 43.1 Å². The van der Waals surface area contributed by atoms with E-state index in [0.29, 0.717) is 12.4 Å². The number of halogens is 1. The van der Waals surface area contributed by atoms with E-state index in [4.69, 9.17) is 11.1 Å². The van der Waals surface area contributed by atoms with E-state index < -0.39 is 0 Å². The lowest BCUT2D eigenvalue weighted by molar-refractivity contribution is 0.620. The van der Waals surface area contributed by atoms with Gasteiger partial charge in [-0.25, -0.2) is 9.37 Å². The molecule has 1 unspecified atom stereocenters. The van der Waals surface area contributed by atoms with Gasteiger partial charge < -0.3 is 16.0 Å². The number of fused-ring (bicyclic) bond motifs is 1. The fourth-order valence-electron chi connectivity index (χ4n) is 2.91. The van der Waals surface area contributed by atoms with Crippen LogP contribution in [0.5, 0.6) is 0 Å². The standard InChI is InChI=1S/C20H22FN5/c1-13(14-4-3-5-17(21)8-14)26(2)20-12-24-19-9-15(16(10-22)11-23)6-7-18(19)25-20/h3-10,12-13,16,22H,11,23H2,1-2H3/t13-,16?/m1/s1. The summed E-state index contributed by atoms with van der Waals surface area (Å²) in [6.07, 6.45) is 3.06. The first-order chi connectivity index (χ1) is 12.5. The Hall–Kier alpha value is -2.86. The summed E-state index contributed by atoms with van der Waals surface area (Å²) in [5.74, 6) is 0.349. The Balaban J connectivity index is 1.90. The Morgan fingerprint density at radius 1 is 1.19 bits per heavy atom. The summed E-state index contributed by atoms with van der Waals surface area (Å²) in [5.41, 5.74) is 9.07. The Bertz CT molecular complexity index is 927. The van der Waals surface area contributed by atoms with Crippen LogP contribution in [0, 0.1) is 11.2 Å². The van der Waals surface area contributed by atoms with Gasteiger partial charge >= 0.3 is 0 Å². The molecule has 3 N–H and O–H groups in total. The highest BCUT2D eigenvalue weighted by Crippen LogP contribution is 2.26. The maximum Gasteiger partial charge on any atom is 0.148 e. The van der Waals surface area contributed by atoms with E-state index in [1.165, 1.54) is 18.3 Å². The van der Waals surface area contributed by atoms with Gasteiger partial charge in [0.15, 0.2) is 0 Å². The number of hydrogen-bond donors (Lipinski definition) is 2. The Morgan fingerprint density at radius 2 is 2.00 bits per heavy atom. The molecule has 0 saturated heterocycles. The average Bonchev–Trinajstić information content (AvgIpc) is 2.67. The van der Waals surface area contributed by atoms with Crippen molar-refractivity contribution in [2.45, 2.75) is 18.9 Å². The molecule has 0 radical (unpaired) electrons. The zero-order chi connectivity index (χ0) is 18.7. The predicted molar refractivity (Wildman–Crippen MR) is 103 cm³/mol. The lowest BCUT2D eigenvalue weighted by Crippen LogP contribution is -2.23. The van der Waals surface area contributed by atoms with Crippen molar-refractivity contribution >= 4 is 23.1 Å². The largest absolute Gasteiger partial charge is 0.352 e. The molecule has 1 aromatic heterocycles. The molecular weight excluding hydrogens is 329 g/mol. The number of nitrogens with two attached hydrogens (primary N) is 1. The lowest BCUT2D eigenvalue weighted by atomic mass is 10.00. The molecule has 2 aromatic carbocycles. The molecule has 0 aliphatic rings. The molecule has 26 heavy (non-hydrogen) atoms. The van der Waals surface area contributed by atoms with Gasteiger partial charge in [-0.05, 0) is 42.3 Å². The summed E-state index contributed by atoms with van der Waals surface area (Å²) >= 11 is 0. The number of anilines is 1. The van der Waals surface area contributed by atoms with Crippen molar-refractivity contribution in [1.82, 2.24) is 9.97 Å². The van der Waals surface area contributed by atoms with Gasteiger partial charge in [-0.2, -0.15) is 0 Å². The summed E-state index contributed by atoms with van der Waals surface area (Å²) in [6.45, 7) is 2.38. The highest BCUT2D eigenvalue weighted by atomic mass is 19.1. The van der Waals surface area contributed by atoms with Crippen molar-refractivity contribution in [3.8, 4) is 0 Å². The molecule has 134 valence electrons. The number of rotatable bonds is 6. The van der Waals surface area contributed by atoms with Gasteiger partial charge in [0.25, 0.3) is 0 Å². The van der Waals surface area contributed by atoms with Crippen molar-refractivity contribution in [3.05, 3.63) is 65.6 Å². The molecule has 1 heterocycles. The fourth-order valence-corrected chi connectivity index (χ4v) is 2.91. The minimum absolute atomic E-state index is 0.0451. The van der Waals surface area contributed by atoms with Crippen LogP contribution in [-0.4, -0.2) is 29.8 Å². The second-order valence-electron chi connectivity index (χ2n) is 6.33. The molecule has 5 nitrogen and oxygen atoms in total. The van der Waals surface area contributed by atoms with E-state index in [9.17, 15) is 4.39 Å². The van der Waals surface area contributed by atoms with Crippen LogP contribution in [0.2, 0.25) is 0 Å². The Labute approximate surface area is 152 Å². The van der Waals surface area contributed by atoms with Crippen LogP contribution < -0.4 is 10.6 Å². The smallest absolute Gasteiger partial charge is 0.148 e. The molecule has 0 aliphatic carbocycles. The zero-order valence-electron chi connectivity index (χ0n) is 14.9. The third-order valence-corrected chi connectivity index (χ3v) is 4.71. The van der Waals surface area contributed by atoms with Crippen molar-refractivity contribution < 1.29 is 4.39 Å². The highest BCUT2D eigenvalue weighted by molar-refractivity contribution is 5.78. The first-order valence-corrected chi connectivity index (χ1v) is 8.49. The van der Waals surface area contributed by atoms with Gasteiger partial charge in [0.2, 0.25) is 0 Å². The summed E-state index contributed by atoms with van der Waals surface area (Å²) < 4.78 is 13.5. The Morgan fingerprint density at radius 3 is 2.69 bits per heavy atom. The van der Waals surface area contributed by atoms with E-state index in [2.05, 4.69) is 9.97 Å². The summed E-state index contributed by atoms with van der Waals surface area (Å²) in [6, 6.07) is 12.3. The molecule has 6 heteroatoms. The predicted octanol–water partition coefficient (Wildman–Crippen LogP) is 3.66. The van der Waals surface area contributed by atoms with E-state index in [-0.39, 0.29) is 17.8 Å². The number of nitrogens with one attached hydrogen (secondary N) is 1.